The smallest absolute Gasteiger partial charge is 0.253 e. The highest BCUT2D eigenvalue weighted by Crippen LogP contribution is 2.26. The van der Waals surface area contributed by atoms with Crippen LogP contribution in [0.1, 0.15) is 31.2 Å². The van der Waals surface area contributed by atoms with Gasteiger partial charge >= 0.3 is 0 Å². The Labute approximate surface area is 127 Å². The highest BCUT2D eigenvalue weighted by Gasteiger charge is 2.20. The van der Waals surface area contributed by atoms with Crippen molar-refractivity contribution in [3.8, 4) is 0 Å². The summed E-state index contributed by atoms with van der Waals surface area (Å²) in [5.74, 6) is 0.771. The van der Waals surface area contributed by atoms with Crippen molar-refractivity contribution in [3.05, 3.63) is 34.6 Å². The summed E-state index contributed by atoms with van der Waals surface area (Å²) >= 11 is 6.98. The van der Waals surface area contributed by atoms with Crippen LogP contribution >= 0.6 is 23.1 Å². The summed E-state index contributed by atoms with van der Waals surface area (Å²) in [6.45, 7) is 5.56. The third-order valence-corrected chi connectivity index (χ3v) is 5.35. The van der Waals surface area contributed by atoms with E-state index in [4.69, 9.17) is 11.6 Å². The van der Waals surface area contributed by atoms with Gasteiger partial charge in [-0.15, -0.1) is 0 Å². The highest BCUT2D eigenvalue weighted by atomic mass is 35.5. The Bertz CT molecular complexity index is 726. The first-order valence-corrected chi connectivity index (χ1v) is 8.56. The van der Waals surface area contributed by atoms with Crippen molar-refractivity contribution < 1.29 is 8.42 Å². The number of nitrogens with one attached hydrogen (secondary N) is 1. The van der Waals surface area contributed by atoms with Crippen LogP contribution in [-0.4, -0.2) is 17.8 Å². The van der Waals surface area contributed by atoms with E-state index in [-0.39, 0.29) is 15.9 Å². The molecule has 0 atom stereocenters. The van der Waals surface area contributed by atoms with Gasteiger partial charge in [0.25, 0.3) is 10.0 Å². The Balaban J connectivity index is 2.33. The van der Waals surface area contributed by atoms with Gasteiger partial charge < -0.3 is 0 Å². The Morgan fingerprint density at radius 3 is 2.65 bits per heavy atom. The summed E-state index contributed by atoms with van der Waals surface area (Å²) in [5, 5.41) is 0.668. The van der Waals surface area contributed by atoms with Crippen LogP contribution in [0.5, 0.6) is 0 Å². The second-order valence-electron chi connectivity index (χ2n) is 4.58. The van der Waals surface area contributed by atoms with E-state index in [0.29, 0.717) is 16.4 Å². The lowest BCUT2D eigenvalue weighted by atomic mass is 10.2. The highest BCUT2D eigenvalue weighted by molar-refractivity contribution is 7.93. The van der Waals surface area contributed by atoms with Gasteiger partial charge in [0, 0.05) is 22.5 Å². The lowest BCUT2D eigenvalue weighted by Gasteiger charge is -2.08. The molecule has 1 aromatic carbocycles. The average molecular weight is 332 g/mol. The summed E-state index contributed by atoms with van der Waals surface area (Å²) < 4.78 is 31.2. The molecule has 2 aromatic rings. The molecule has 0 saturated heterocycles. The number of benzene rings is 1. The minimum atomic E-state index is -3.71. The molecule has 5 nitrogen and oxygen atoms in total. The van der Waals surface area contributed by atoms with Gasteiger partial charge in [-0.1, -0.05) is 31.5 Å². The Morgan fingerprint density at radius 1 is 1.35 bits per heavy atom. The number of anilines is 1. The second-order valence-corrected chi connectivity index (χ2v) is 7.39. The maximum atomic E-state index is 12.3. The van der Waals surface area contributed by atoms with E-state index >= 15 is 0 Å². The van der Waals surface area contributed by atoms with Crippen molar-refractivity contribution >= 4 is 38.3 Å². The fourth-order valence-corrected chi connectivity index (χ4v) is 3.99. The number of nitrogens with zero attached hydrogens (tertiary/aromatic N) is 2. The summed E-state index contributed by atoms with van der Waals surface area (Å²) in [5.41, 5.74) is 0.510. The molecule has 0 aliphatic carbocycles. The molecule has 108 valence electrons. The first-order valence-electron chi connectivity index (χ1n) is 5.93. The lowest BCUT2D eigenvalue weighted by molar-refractivity contribution is 0.600. The van der Waals surface area contributed by atoms with Crippen molar-refractivity contribution in [1.29, 1.82) is 0 Å². The molecule has 0 aliphatic heterocycles. The first kappa shape index (κ1) is 15.2. The number of rotatable bonds is 4. The number of sulfonamides is 1. The molecule has 0 amide bonds. The summed E-state index contributed by atoms with van der Waals surface area (Å²) in [4.78, 5) is 4.30. The SMILES string of the molecule is Cc1c(Cl)cccc1S(=O)(=O)Nc1nc(C(C)C)ns1. The molecule has 8 heteroatoms. The molecule has 2 rings (SSSR count). The molecule has 0 bridgehead atoms. The Hall–Kier alpha value is -1.18. The molecule has 0 aliphatic rings. The molecule has 1 N–H and O–H groups in total. The summed E-state index contributed by atoms with van der Waals surface area (Å²) in [6.07, 6.45) is 0. The zero-order valence-electron chi connectivity index (χ0n) is 11.2. The number of halogens is 1. The van der Waals surface area contributed by atoms with Crippen molar-refractivity contribution in [1.82, 2.24) is 9.36 Å². The molecular formula is C12H14ClN3O2S2. The third-order valence-electron chi connectivity index (χ3n) is 2.69. The van der Waals surface area contributed by atoms with Gasteiger partial charge in [0.15, 0.2) is 0 Å². The van der Waals surface area contributed by atoms with Crippen LogP contribution in [-0.2, 0) is 10.0 Å². The Morgan fingerprint density at radius 2 is 2.05 bits per heavy atom. The summed E-state index contributed by atoms with van der Waals surface area (Å²) in [6, 6.07) is 4.76. The minimum absolute atomic E-state index is 0.145. The first-order chi connectivity index (χ1) is 9.31. The fourth-order valence-electron chi connectivity index (χ4n) is 1.56. The molecule has 1 heterocycles. The van der Waals surface area contributed by atoms with Crippen LogP contribution < -0.4 is 4.72 Å². The molecule has 0 fully saturated rings. The molecule has 0 spiro atoms. The lowest BCUT2D eigenvalue weighted by Crippen LogP contribution is -2.14. The van der Waals surface area contributed by atoms with Gasteiger partial charge in [0.1, 0.15) is 5.82 Å². The normalized spacial score (nSPS) is 11.8. The fraction of sp³-hybridized carbons (Fsp3) is 0.333. The second kappa shape index (κ2) is 5.67. The van der Waals surface area contributed by atoms with E-state index in [1.165, 1.54) is 6.07 Å². The van der Waals surface area contributed by atoms with Crippen LogP contribution in [0.25, 0.3) is 0 Å². The van der Waals surface area contributed by atoms with E-state index in [0.717, 1.165) is 11.5 Å². The molecule has 1 aromatic heterocycles. The van der Waals surface area contributed by atoms with Gasteiger partial charge in [0.2, 0.25) is 5.13 Å². The standard InChI is InChI=1S/C12H14ClN3O2S2/c1-7(2)11-14-12(19-15-11)16-20(17,18)10-6-4-5-9(13)8(10)3/h4-7H,1-3H3,(H,14,15,16). The van der Waals surface area contributed by atoms with Crippen LogP contribution in [0.4, 0.5) is 5.13 Å². The van der Waals surface area contributed by atoms with E-state index < -0.39 is 10.0 Å². The predicted octanol–water partition coefficient (Wildman–Crippen LogP) is 3.42. The molecule has 20 heavy (non-hydrogen) atoms. The predicted molar refractivity (Wildman–Crippen MR) is 81.0 cm³/mol. The number of aromatic nitrogens is 2. The van der Waals surface area contributed by atoms with E-state index in [1.807, 2.05) is 13.8 Å². The van der Waals surface area contributed by atoms with Crippen LogP contribution in [0.2, 0.25) is 5.02 Å². The minimum Gasteiger partial charge on any atom is -0.253 e. The molecule has 0 unspecified atom stereocenters. The van der Waals surface area contributed by atoms with Crippen molar-refractivity contribution in [3.63, 3.8) is 0 Å². The average Bonchev–Trinajstić information content (AvgIpc) is 2.80. The third kappa shape index (κ3) is 3.11. The molecular weight excluding hydrogens is 318 g/mol. The zero-order chi connectivity index (χ0) is 14.9. The van der Waals surface area contributed by atoms with Crippen molar-refractivity contribution in [2.45, 2.75) is 31.6 Å². The van der Waals surface area contributed by atoms with E-state index in [2.05, 4.69) is 14.1 Å². The number of hydrogen-bond donors (Lipinski definition) is 1. The topological polar surface area (TPSA) is 72.0 Å². The summed E-state index contributed by atoms with van der Waals surface area (Å²) in [7, 11) is -3.71. The van der Waals surface area contributed by atoms with Crippen molar-refractivity contribution in [2.75, 3.05) is 4.72 Å². The molecule has 0 saturated carbocycles. The van der Waals surface area contributed by atoms with Crippen LogP contribution in [0.15, 0.2) is 23.1 Å². The number of hydrogen-bond acceptors (Lipinski definition) is 5. The van der Waals surface area contributed by atoms with Gasteiger partial charge in [-0.3, -0.25) is 4.72 Å². The van der Waals surface area contributed by atoms with Crippen molar-refractivity contribution in [2.24, 2.45) is 0 Å². The van der Waals surface area contributed by atoms with E-state index in [9.17, 15) is 8.42 Å². The van der Waals surface area contributed by atoms with Gasteiger partial charge in [-0.25, -0.2) is 13.4 Å². The van der Waals surface area contributed by atoms with Crippen LogP contribution in [0, 0.1) is 6.92 Å². The van der Waals surface area contributed by atoms with Gasteiger partial charge in [-0.2, -0.15) is 4.37 Å². The quantitative estimate of drug-likeness (QED) is 0.931. The molecule has 0 radical (unpaired) electrons. The van der Waals surface area contributed by atoms with E-state index in [1.54, 1.807) is 19.1 Å². The maximum Gasteiger partial charge on any atom is 0.264 e. The monoisotopic (exact) mass is 331 g/mol. The largest absolute Gasteiger partial charge is 0.264 e. The Kier molecular flexibility index (Phi) is 4.31. The van der Waals surface area contributed by atoms with Gasteiger partial charge in [0.05, 0.1) is 4.90 Å². The zero-order valence-corrected chi connectivity index (χ0v) is 13.6. The van der Waals surface area contributed by atoms with Gasteiger partial charge in [-0.05, 0) is 24.6 Å². The van der Waals surface area contributed by atoms with Crippen LogP contribution in [0.3, 0.4) is 0 Å². The maximum absolute atomic E-state index is 12.3.